The molecule has 2 aromatic rings. The van der Waals surface area contributed by atoms with E-state index in [1.54, 1.807) is 0 Å². The fraction of sp³-hybridized carbons (Fsp3) is 0.357. The molecule has 0 saturated carbocycles. The lowest BCUT2D eigenvalue weighted by molar-refractivity contribution is 0.267. The quantitative estimate of drug-likeness (QED) is 0.820. The van der Waals surface area contributed by atoms with E-state index in [2.05, 4.69) is 43.6 Å². The highest BCUT2D eigenvalue weighted by Crippen LogP contribution is 2.22. The van der Waals surface area contributed by atoms with Crippen LogP contribution in [-0.2, 0) is 13.2 Å². The van der Waals surface area contributed by atoms with Crippen LogP contribution in [0.5, 0.6) is 0 Å². The molecular weight excluding hydrogens is 212 g/mol. The number of allylic oxidation sites excluding steroid dienone is 1. The van der Waals surface area contributed by atoms with Crippen molar-refractivity contribution < 1.29 is 5.11 Å². The van der Waals surface area contributed by atoms with Crippen LogP contribution < -0.4 is 0 Å². The summed E-state index contributed by atoms with van der Waals surface area (Å²) in [7, 11) is 0. The Kier molecular flexibility index (Phi) is 3.29. The first-order chi connectivity index (χ1) is 8.17. The molecule has 1 N–H and O–H groups in total. The van der Waals surface area contributed by atoms with Gasteiger partial charge in [-0.2, -0.15) is 0 Å². The van der Waals surface area contributed by atoms with Crippen molar-refractivity contribution in [3.8, 4) is 0 Å². The summed E-state index contributed by atoms with van der Waals surface area (Å²) in [5.41, 5.74) is 3.27. The van der Waals surface area contributed by atoms with E-state index in [0.717, 1.165) is 11.0 Å². The highest BCUT2D eigenvalue weighted by Gasteiger charge is 2.10. The number of aliphatic hydroxyl groups is 1. The van der Waals surface area contributed by atoms with E-state index in [9.17, 15) is 5.11 Å². The maximum atomic E-state index is 9.31. The summed E-state index contributed by atoms with van der Waals surface area (Å²) in [6, 6.07) is 6.29. The van der Waals surface area contributed by atoms with Crippen LogP contribution in [0.3, 0.4) is 0 Å². The first-order valence-electron chi connectivity index (χ1n) is 5.88. The lowest BCUT2D eigenvalue weighted by atomic mass is 10.0. The van der Waals surface area contributed by atoms with Crippen LogP contribution in [0.4, 0.5) is 0 Å². The number of benzene rings is 1. The van der Waals surface area contributed by atoms with E-state index in [1.807, 2.05) is 10.6 Å². The molecule has 1 aromatic carbocycles. The van der Waals surface area contributed by atoms with Gasteiger partial charge in [0.25, 0.3) is 0 Å². The van der Waals surface area contributed by atoms with Crippen molar-refractivity contribution in [1.29, 1.82) is 0 Å². The second-order valence-corrected chi connectivity index (χ2v) is 4.49. The van der Waals surface area contributed by atoms with Crippen molar-refractivity contribution >= 4 is 11.0 Å². The SMILES string of the molecule is C=CCn1c(CO)nc2cc(C(C)C)ccc21. The number of imidazole rings is 1. The van der Waals surface area contributed by atoms with Gasteiger partial charge in [0, 0.05) is 6.54 Å². The topological polar surface area (TPSA) is 38.0 Å². The van der Waals surface area contributed by atoms with Crippen LogP contribution >= 0.6 is 0 Å². The molecule has 0 fully saturated rings. The van der Waals surface area contributed by atoms with Crippen molar-refractivity contribution in [3.05, 3.63) is 42.2 Å². The molecule has 0 spiro atoms. The van der Waals surface area contributed by atoms with Gasteiger partial charge in [-0.3, -0.25) is 0 Å². The van der Waals surface area contributed by atoms with Crippen LogP contribution in [0, 0.1) is 0 Å². The van der Waals surface area contributed by atoms with Crippen molar-refractivity contribution in [2.24, 2.45) is 0 Å². The molecule has 0 radical (unpaired) electrons. The molecule has 3 heteroatoms. The molecule has 0 saturated heterocycles. The molecule has 1 heterocycles. The predicted octanol–water partition coefficient (Wildman–Crippen LogP) is 2.84. The van der Waals surface area contributed by atoms with Gasteiger partial charge in [-0.15, -0.1) is 6.58 Å². The Morgan fingerprint density at radius 3 is 2.82 bits per heavy atom. The molecule has 0 bridgehead atoms. The summed E-state index contributed by atoms with van der Waals surface area (Å²) >= 11 is 0. The number of hydrogen-bond donors (Lipinski definition) is 1. The minimum Gasteiger partial charge on any atom is -0.388 e. The maximum Gasteiger partial charge on any atom is 0.135 e. The number of hydrogen-bond acceptors (Lipinski definition) is 2. The Morgan fingerprint density at radius 1 is 1.47 bits per heavy atom. The summed E-state index contributed by atoms with van der Waals surface area (Å²) in [6.07, 6.45) is 1.82. The normalized spacial score (nSPS) is 11.3. The Labute approximate surface area is 101 Å². The number of rotatable bonds is 4. The van der Waals surface area contributed by atoms with E-state index < -0.39 is 0 Å². The van der Waals surface area contributed by atoms with Crippen LogP contribution in [-0.4, -0.2) is 14.7 Å². The van der Waals surface area contributed by atoms with E-state index >= 15 is 0 Å². The highest BCUT2D eigenvalue weighted by atomic mass is 16.3. The Morgan fingerprint density at radius 2 is 2.24 bits per heavy atom. The third kappa shape index (κ3) is 2.11. The molecule has 0 aliphatic rings. The lowest BCUT2D eigenvalue weighted by Gasteiger charge is -2.06. The van der Waals surface area contributed by atoms with Crippen molar-refractivity contribution in [1.82, 2.24) is 9.55 Å². The van der Waals surface area contributed by atoms with Crippen LogP contribution in [0.25, 0.3) is 11.0 Å². The van der Waals surface area contributed by atoms with Gasteiger partial charge in [0.15, 0.2) is 0 Å². The zero-order chi connectivity index (χ0) is 12.4. The van der Waals surface area contributed by atoms with Crippen LogP contribution in [0.15, 0.2) is 30.9 Å². The largest absolute Gasteiger partial charge is 0.388 e. The minimum atomic E-state index is -0.0421. The molecule has 0 amide bonds. The lowest BCUT2D eigenvalue weighted by Crippen LogP contribution is -2.01. The van der Waals surface area contributed by atoms with Gasteiger partial charge in [-0.05, 0) is 23.6 Å². The first kappa shape index (κ1) is 11.9. The van der Waals surface area contributed by atoms with Gasteiger partial charge in [-0.1, -0.05) is 26.0 Å². The zero-order valence-corrected chi connectivity index (χ0v) is 10.3. The molecule has 3 nitrogen and oxygen atoms in total. The predicted molar refractivity (Wildman–Crippen MR) is 69.9 cm³/mol. The van der Waals surface area contributed by atoms with Gasteiger partial charge in [0.2, 0.25) is 0 Å². The van der Waals surface area contributed by atoms with E-state index in [4.69, 9.17) is 0 Å². The number of fused-ring (bicyclic) bond motifs is 1. The number of nitrogens with zero attached hydrogens (tertiary/aromatic N) is 2. The van der Waals surface area contributed by atoms with Gasteiger partial charge < -0.3 is 9.67 Å². The second-order valence-electron chi connectivity index (χ2n) is 4.49. The molecule has 90 valence electrons. The standard InChI is InChI=1S/C14H18N2O/c1-4-7-16-13-6-5-11(10(2)3)8-12(13)15-14(16)9-17/h4-6,8,10,17H,1,7,9H2,2-3H3. The van der Waals surface area contributed by atoms with Crippen molar-refractivity contribution in [2.75, 3.05) is 0 Å². The smallest absolute Gasteiger partial charge is 0.135 e. The maximum absolute atomic E-state index is 9.31. The highest BCUT2D eigenvalue weighted by molar-refractivity contribution is 5.77. The monoisotopic (exact) mass is 230 g/mol. The average molecular weight is 230 g/mol. The molecule has 0 aliphatic carbocycles. The third-order valence-corrected chi connectivity index (χ3v) is 2.97. The molecule has 0 atom stereocenters. The van der Waals surface area contributed by atoms with Gasteiger partial charge in [0.05, 0.1) is 11.0 Å². The van der Waals surface area contributed by atoms with Crippen molar-refractivity contribution in [2.45, 2.75) is 32.9 Å². The molecule has 17 heavy (non-hydrogen) atoms. The van der Waals surface area contributed by atoms with Crippen LogP contribution in [0.2, 0.25) is 0 Å². The third-order valence-electron chi connectivity index (χ3n) is 2.97. The average Bonchev–Trinajstić information content (AvgIpc) is 2.67. The molecular formula is C14H18N2O. The molecule has 2 rings (SSSR count). The first-order valence-corrected chi connectivity index (χ1v) is 5.88. The summed E-state index contributed by atoms with van der Waals surface area (Å²) < 4.78 is 1.99. The van der Waals surface area contributed by atoms with E-state index in [1.165, 1.54) is 5.56 Å². The zero-order valence-electron chi connectivity index (χ0n) is 10.3. The fourth-order valence-electron chi connectivity index (χ4n) is 2.01. The van der Waals surface area contributed by atoms with Gasteiger partial charge in [0.1, 0.15) is 12.4 Å². The Balaban J connectivity index is 2.60. The summed E-state index contributed by atoms with van der Waals surface area (Å²) in [5, 5.41) is 9.31. The number of aromatic nitrogens is 2. The molecule has 1 aromatic heterocycles. The Bertz CT molecular complexity index is 540. The van der Waals surface area contributed by atoms with Crippen molar-refractivity contribution in [3.63, 3.8) is 0 Å². The van der Waals surface area contributed by atoms with Gasteiger partial charge in [-0.25, -0.2) is 4.98 Å². The summed E-state index contributed by atoms with van der Waals surface area (Å²) in [6.45, 7) is 8.69. The minimum absolute atomic E-state index is 0.0421. The van der Waals surface area contributed by atoms with E-state index in [-0.39, 0.29) is 6.61 Å². The van der Waals surface area contributed by atoms with Gasteiger partial charge >= 0.3 is 0 Å². The second kappa shape index (κ2) is 4.72. The Hall–Kier alpha value is -1.61. The molecule has 0 aliphatic heterocycles. The fourth-order valence-corrected chi connectivity index (χ4v) is 2.01. The van der Waals surface area contributed by atoms with E-state index in [0.29, 0.717) is 18.3 Å². The summed E-state index contributed by atoms with van der Waals surface area (Å²) in [4.78, 5) is 4.46. The summed E-state index contributed by atoms with van der Waals surface area (Å²) in [5.74, 6) is 1.18. The number of aliphatic hydroxyl groups excluding tert-OH is 1. The molecule has 0 unspecified atom stereocenters. The van der Waals surface area contributed by atoms with Crippen LogP contribution in [0.1, 0.15) is 31.2 Å².